The summed E-state index contributed by atoms with van der Waals surface area (Å²) in [6.07, 6.45) is -0.880. The van der Waals surface area contributed by atoms with Crippen LogP contribution in [0.15, 0.2) is 48.5 Å². The summed E-state index contributed by atoms with van der Waals surface area (Å²) in [6, 6.07) is 17.0. The molecule has 22 heavy (non-hydrogen) atoms. The van der Waals surface area contributed by atoms with Gasteiger partial charge in [0.25, 0.3) is 0 Å². The average Bonchev–Trinajstić information content (AvgIpc) is 2.50. The maximum atomic E-state index is 11.9. The summed E-state index contributed by atoms with van der Waals surface area (Å²) in [4.78, 5) is 11.9. The third kappa shape index (κ3) is 4.35. The molecule has 1 unspecified atom stereocenters. The molecule has 0 fully saturated rings. The van der Waals surface area contributed by atoms with Crippen LogP contribution in [0.3, 0.4) is 0 Å². The highest BCUT2D eigenvalue weighted by molar-refractivity contribution is 5.75. The zero-order valence-corrected chi connectivity index (χ0v) is 12.7. The first-order valence-corrected chi connectivity index (χ1v) is 7.04. The van der Waals surface area contributed by atoms with Crippen LogP contribution in [0.4, 0.5) is 5.69 Å². The van der Waals surface area contributed by atoms with Gasteiger partial charge in [0.05, 0.1) is 0 Å². The van der Waals surface area contributed by atoms with Crippen LogP contribution in [0.1, 0.15) is 22.8 Å². The van der Waals surface area contributed by atoms with Gasteiger partial charge in [0.2, 0.25) is 6.10 Å². The first kappa shape index (κ1) is 15.6. The zero-order valence-electron chi connectivity index (χ0n) is 12.7. The lowest BCUT2D eigenvalue weighted by Crippen LogP contribution is -2.19. The highest BCUT2D eigenvalue weighted by Crippen LogP contribution is 2.17. The summed E-state index contributed by atoms with van der Waals surface area (Å²) in [5.41, 5.74) is 3.78. The highest BCUT2D eigenvalue weighted by atomic mass is 16.5. The number of rotatable bonds is 5. The van der Waals surface area contributed by atoms with Gasteiger partial charge in [-0.1, -0.05) is 36.4 Å². The topological polar surface area (TPSA) is 62.1 Å². The number of benzene rings is 2. The summed E-state index contributed by atoms with van der Waals surface area (Å²) >= 11 is 0. The van der Waals surface area contributed by atoms with Gasteiger partial charge >= 0.3 is 5.97 Å². The van der Waals surface area contributed by atoms with Crippen molar-refractivity contribution in [3.63, 3.8) is 0 Å². The van der Waals surface area contributed by atoms with Crippen molar-refractivity contribution in [2.45, 2.75) is 20.0 Å². The average molecular weight is 294 g/mol. The van der Waals surface area contributed by atoms with E-state index in [0.717, 1.165) is 16.8 Å². The van der Waals surface area contributed by atoms with Crippen molar-refractivity contribution in [1.29, 1.82) is 5.26 Å². The standard InChI is InChI=1S/C18H18N2O2/c1-13-8-14(2)10-16(9-13)20-12-18(21)22-17(11-19)15-6-4-3-5-7-15/h3-10,17,20H,12H2,1-2H3. The Kier molecular flexibility index (Phi) is 5.16. The molecule has 0 heterocycles. The van der Waals surface area contributed by atoms with Gasteiger partial charge in [-0.2, -0.15) is 5.26 Å². The van der Waals surface area contributed by atoms with E-state index in [1.54, 1.807) is 24.3 Å². The Balaban J connectivity index is 1.94. The number of nitrogens with one attached hydrogen (secondary N) is 1. The summed E-state index contributed by atoms with van der Waals surface area (Å²) in [6.45, 7) is 4.02. The number of carbonyl (C=O) groups is 1. The molecule has 0 aromatic heterocycles. The lowest BCUT2D eigenvalue weighted by molar-refractivity contribution is -0.144. The second-order valence-electron chi connectivity index (χ2n) is 5.14. The van der Waals surface area contributed by atoms with Crippen molar-refractivity contribution >= 4 is 11.7 Å². The molecule has 2 aromatic carbocycles. The van der Waals surface area contributed by atoms with E-state index >= 15 is 0 Å². The molecule has 0 saturated carbocycles. The number of hydrogen-bond acceptors (Lipinski definition) is 4. The van der Waals surface area contributed by atoms with Crippen LogP contribution in [0.25, 0.3) is 0 Å². The fraction of sp³-hybridized carbons (Fsp3) is 0.222. The Morgan fingerprint density at radius 3 is 2.41 bits per heavy atom. The van der Waals surface area contributed by atoms with Gasteiger partial charge in [0.15, 0.2) is 0 Å². The number of ether oxygens (including phenoxy) is 1. The summed E-state index contributed by atoms with van der Waals surface area (Å²) < 4.78 is 5.21. The molecule has 0 amide bonds. The third-order valence-corrected chi connectivity index (χ3v) is 3.13. The lowest BCUT2D eigenvalue weighted by atomic mass is 10.1. The molecular weight excluding hydrogens is 276 g/mol. The predicted octanol–water partition coefficient (Wildman–Crippen LogP) is 3.52. The molecule has 0 saturated heterocycles. The number of carbonyl (C=O) groups excluding carboxylic acids is 1. The molecule has 2 aromatic rings. The third-order valence-electron chi connectivity index (χ3n) is 3.13. The molecule has 1 atom stereocenters. The van der Waals surface area contributed by atoms with E-state index in [0.29, 0.717) is 5.56 Å². The molecule has 0 radical (unpaired) electrons. The van der Waals surface area contributed by atoms with E-state index in [2.05, 4.69) is 11.4 Å². The second-order valence-corrected chi connectivity index (χ2v) is 5.14. The highest BCUT2D eigenvalue weighted by Gasteiger charge is 2.15. The number of anilines is 1. The summed E-state index contributed by atoms with van der Waals surface area (Å²) in [5, 5.41) is 12.2. The monoisotopic (exact) mass is 294 g/mol. The van der Waals surface area contributed by atoms with Gasteiger partial charge in [-0.25, -0.2) is 0 Å². The molecule has 0 aliphatic heterocycles. The van der Waals surface area contributed by atoms with Gasteiger partial charge in [-0.05, 0) is 37.1 Å². The van der Waals surface area contributed by atoms with E-state index in [1.807, 2.05) is 38.1 Å². The molecule has 0 bridgehead atoms. The Bertz CT molecular complexity index is 670. The minimum atomic E-state index is -0.880. The van der Waals surface area contributed by atoms with Crippen LogP contribution in [0.2, 0.25) is 0 Å². The number of nitrogens with zero attached hydrogens (tertiary/aromatic N) is 1. The fourth-order valence-electron chi connectivity index (χ4n) is 2.22. The number of nitriles is 1. The quantitative estimate of drug-likeness (QED) is 0.857. The van der Waals surface area contributed by atoms with Gasteiger partial charge in [0, 0.05) is 11.3 Å². The largest absolute Gasteiger partial charge is 0.441 e. The molecular formula is C18H18N2O2. The molecule has 112 valence electrons. The van der Waals surface area contributed by atoms with E-state index in [9.17, 15) is 4.79 Å². The molecule has 0 spiro atoms. The summed E-state index contributed by atoms with van der Waals surface area (Å²) in [5.74, 6) is -0.463. The molecule has 4 heteroatoms. The fourth-order valence-corrected chi connectivity index (χ4v) is 2.22. The minimum Gasteiger partial charge on any atom is -0.441 e. The van der Waals surface area contributed by atoms with Crippen molar-refractivity contribution < 1.29 is 9.53 Å². The minimum absolute atomic E-state index is 0.0217. The van der Waals surface area contributed by atoms with E-state index in [-0.39, 0.29) is 6.54 Å². The molecule has 0 aliphatic carbocycles. The van der Waals surface area contributed by atoms with Crippen molar-refractivity contribution in [3.05, 3.63) is 65.2 Å². The van der Waals surface area contributed by atoms with Crippen molar-refractivity contribution in [3.8, 4) is 6.07 Å². The Morgan fingerprint density at radius 1 is 1.18 bits per heavy atom. The maximum Gasteiger partial charge on any atom is 0.326 e. The van der Waals surface area contributed by atoms with Gasteiger partial charge in [0.1, 0.15) is 12.6 Å². The zero-order chi connectivity index (χ0) is 15.9. The second kappa shape index (κ2) is 7.28. The summed E-state index contributed by atoms with van der Waals surface area (Å²) in [7, 11) is 0. The first-order chi connectivity index (χ1) is 10.6. The van der Waals surface area contributed by atoms with Crippen LogP contribution in [0, 0.1) is 25.2 Å². The lowest BCUT2D eigenvalue weighted by Gasteiger charge is -2.12. The Hall–Kier alpha value is -2.80. The van der Waals surface area contributed by atoms with Crippen molar-refractivity contribution in [2.75, 3.05) is 11.9 Å². The van der Waals surface area contributed by atoms with E-state index < -0.39 is 12.1 Å². The number of esters is 1. The smallest absolute Gasteiger partial charge is 0.326 e. The van der Waals surface area contributed by atoms with Crippen LogP contribution < -0.4 is 5.32 Å². The SMILES string of the molecule is Cc1cc(C)cc(NCC(=O)OC(C#N)c2ccccc2)c1. The predicted molar refractivity (Wildman–Crippen MR) is 85.3 cm³/mol. The molecule has 4 nitrogen and oxygen atoms in total. The van der Waals surface area contributed by atoms with Crippen LogP contribution in [-0.4, -0.2) is 12.5 Å². The van der Waals surface area contributed by atoms with Crippen LogP contribution in [-0.2, 0) is 9.53 Å². The van der Waals surface area contributed by atoms with E-state index in [4.69, 9.17) is 10.00 Å². The van der Waals surface area contributed by atoms with Crippen molar-refractivity contribution in [1.82, 2.24) is 0 Å². The van der Waals surface area contributed by atoms with Crippen LogP contribution in [0.5, 0.6) is 0 Å². The molecule has 1 N–H and O–H groups in total. The van der Waals surface area contributed by atoms with Gasteiger partial charge < -0.3 is 10.1 Å². The first-order valence-electron chi connectivity index (χ1n) is 7.04. The number of aryl methyl sites for hydroxylation is 2. The Morgan fingerprint density at radius 2 is 1.82 bits per heavy atom. The van der Waals surface area contributed by atoms with E-state index in [1.165, 1.54) is 0 Å². The van der Waals surface area contributed by atoms with Crippen molar-refractivity contribution in [2.24, 2.45) is 0 Å². The van der Waals surface area contributed by atoms with Crippen LogP contribution >= 0.6 is 0 Å². The molecule has 0 aliphatic rings. The Labute approximate surface area is 130 Å². The number of hydrogen-bond donors (Lipinski definition) is 1. The molecule has 2 rings (SSSR count). The maximum absolute atomic E-state index is 11.9. The van der Waals surface area contributed by atoms with Gasteiger partial charge in [-0.3, -0.25) is 4.79 Å². The normalized spacial score (nSPS) is 11.3. The van der Waals surface area contributed by atoms with Gasteiger partial charge in [-0.15, -0.1) is 0 Å².